The Morgan fingerprint density at radius 1 is 1.26 bits per heavy atom. The van der Waals surface area contributed by atoms with Crippen molar-refractivity contribution < 1.29 is 14.3 Å². The van der Waals surface area contributed by atoms with Crippen molar-refractivity contribution >= 4 is 33.8 Å². The maximum atomic E-state index is 12.7. The number of nitrogens with one attached hydrogen (secondary N) is 1. The average molecular weight is 443 g/mol. The maximum absolute atomic E-state index is 12.7. The summed E-state index contributed by atoms with van der Waals surface area (Å²) >= 11 is 1.51. The van der Waals surface area contributed by atoms with Gasteiger partial charge in [0.15, 0.2) is 0 Å². The van der Waals surface area contributed by atoms with E-state index in [4.69, 9.17) is 10.5 Å². The molecule has 31 heavy (non-hydrogen) atoms. The number of rotatable bonds is 6. The van der Waals surface area contributed by atoms with Crippen molar-refractivity contribution in [2.24, 2.45) is 11.7 Å². The molecule has 8 heteroatoms. The van der Waals surface area contributed by atoms with Crippen LogP contribution in [0.15, 0.2) is 24.3 Å². The van der Waals surface area contributed by atoms with Gasteiger partial charge in [-0.1, -0.05) is 13.0 Å². The van der Waals surface area contributed by atoms with Crippen molar-refractivity contribution in [1.82, 2.24) is 4.90 Å². The van der Waals surface area contributed by atoms with Crippen LogP contribution in [-0.2, 0) is 17.6 Å². The van der Waals surface area contributed by atoms with E-state index >= 15 is 0 Å². The SMILES string of the molecule is COc1cccc(N2CCN(CC(=O)Nc3sc4c(c3C(N)=O)CCC(C)C4)CC2)c1. The third-order valence-electron chi connectivity index (χ3n) is 6.17. The lowest BCUT2D eigenvalue weighted by Gasteiger charge is -2.35. The van der Waals surface area contributed by atoms with E-state index in [2.05, 4.69) is 28.1 Å². The molecule has 2 amide bonds. The highest BCUT2D eigenvalue weighted by Gasteiger charge is 2.28. The second-order valence-electron chi connectivity index (χ2n) is 8.43. The summed E-state index contributed by atoms with van der Waals surface area (Å²) in [6, 6.07) is 8.04. The van der Waals surface area contributed by atoms with E-state index in [-0.39, 0.29) is 5.91 Å². The van der Waals surface area contributed by atoms with E-state index in [1.165, 1.54) is 16.2 Å². The van der Waals surface area contributed by atoms with Gasteiger partial charge >= 0.3 is 0 Å². The van der Waals surface area contributed by atoms with Crippen LogP contribution < -0.4 is 20.7 Å². The molecule has 1 unspecified atom stereocenters. The van der Waals surface area contributed by atoms with Gasteiger partial charge in [0.1, 0.15) is 10.8 Å². The van der Waals surface area contributed by atoms with Gasteiger partial charge in [-0.15, -0.1) is 11.3 Å². The van der Waals surface area contributed by atoms with Gasteiger partial charge in [0.05, 0.1) is 19.2 Å². The summed E-state index contributed by atoms with van der Waals surface area (Å²) in [5.41, 5.74) is 8.35. The number of benzene rings is 1. The van der Waals surface area contributed by atoms with Crippen LogP contribution in [-0.4, -0.2) is 56.5 Å². The van der Waals surface area contributed by atoms with Gasteiger partial charge in [-0.25, -0.2) is 0 Å². The van der Waals surface area contributed by atoms with Crippen LogP contribution >= 0.6 is 11.3 Å². The molecule has 0 saturated carbocycles. The lowest BCUT2D eigenvalue weighted by molar-refractivity contribution is -0.117. The van der Waals surface area contributed by atoms with Crippen molar-refractivity contribution in [1.29, 1.82) is 0 Å². The van der Waals surface area contributed by atoms with Gasteiger partial charge in [0.2, 0.25) is 5.91 Å². The predicted molar refractivity (Wildman–Crippen MR) is 124 cm³/mol. The topological polar surface area (TPSA) is 87.9 Å². The van der Waals surface area contributed by atoms with Gasteiger partial charge in [-0.05, 0) is 42.9 Å². The third kappa shape index (κ3) is 4.85. The smallest absolute Gasteiger partial charge is 0.251 e. The summed E-state index contributed by atoms with van der Waals surface area (Å²) in [6.45, 7) is 5.81. The minimum atomic E-state index is -0.450. The molecule has 4 rings (SSSR count). The first-order valence-electron chi connectivity index (χ1n) is 10.8. The van der Waals surface area contributed by atoms with Crippen LogP contribution in [0.1, 0.15) is 34.1 Å². The van der Waals surface area contributed by atoms with Crippen LogP contribution in [0, 0.1) is 5.92 Å². The Balaban J connectivity index is 1.35. The van der Waals surface area contributed by atoms with Gasteiger partial charge in [0, 0.05) is 42.8 Å². The molecule has 1 saturated heterocycles. The summed E-state index contributed by atoms with van der Waals surface area (Å²) in [5, 5.41) is 3.59. The third-order valence-corrected chi connectivity index (χ3v) is 7.34. The number of anilines is 2. The van der Waals surface area contributed by atoms with Crippen molar-refractivity contribution in [2.75, 3.05) is 50.1 Å². The molecule has 1 atom stereocenters. The number of primary amides is 1. The fraction of sp³-hybridized carbons (Fsp3) is 0.478. The fourth-order valence-electron chi connectivity index (χ4n) is 4.44. The molecule has 1 fully saturated rings. The lowest BCUT2D eigenvalue weighted by atomic mass is 9.88. The minimum absolute atomic E-state index is 0.0935. The number of fused-ring (bicyclic) bond motifs is 1. The molecule has 166 valence electrons. The Kier molecular flexibility index (Phi) is 6.48. The van der Waals surface area contributed by atoms with Crippen molar-refractivity contribution in [3.8, 4) is 5.75 Å². The fourth-order valence-corrected chi connectivity index (χ4v) is 5.87. The molecule has 2 aliphatic rings. The number of thiophene rings is 1. The summed E-state index contributed by atoms with van der Waals surface area (Å²) in [7, 11) is 1.67. The van der Waals surface area contributed by atoms with E-state index in [1.807, 2.05) is 18.2 Å². The predicted octanol–water partition coefficient (Wildman–Crippen LogP) is 2.74. The Labute approximate surface area is 187 Å². The van der Waals surface area contributed by atoms with E-state index in [0.29, 0.717) is 23.0 Å². The second-order valence-corrected chi connectivity index (χ2v) is 9.54. The summed E-state index contributed by atoms with van der Waals surface area (Å²) in [6.07, 6.45) is 2.85. The number of nitrogens with two attached hydrogens (primary N) is 1. The molecule has 2 aromatic rings. The van der Waals surface area contributed by atoms with E-state index < -0.39 is 5.91 Å². The minimum Gasteiger partial charge on any atom is -0.497 e. The van der Waals surface area contributed by atoms with Crippen LogP contribution in [0.25, 0.3) is 0 Å². The quantitative estimate of drug-likeness (QED) is 0.718. The molecule has 3 N–H and O–H groups in total. The second kappa shape index (κ2) is 9.28. The van der Waals surface area contributed by atoms with E-state index in [0.717, 1.165) is 62.4 Å². The molecule has 0 radical (unpaired) electrons. The first kappa shape index (κ1) is 21.6. The largest absolute Gasteiger partial charge is 0.497 e. The molecule has 7 nitrogen and oxygen atoms in total. The Morgan fingerprint density at radius 3 is 2.74 bits per heavy atom. The standard InChI is InChI=1S/C23H30N4O3S/c1-15-6-7-18-19(12-15)31-23(21(18)22(24)29)25-20(28)14-26-8-10-27(11-9-26)16-4-3-5-17(13-16)30-2/h3-5,13,15H,6-12,14H2,1-2H3,(H2,24,29)(H,25,28). The molecule has 0 bridgehead atoms. The number of carbonyl (C=O) groups is 2. The number of nitrogens with zero attached hydrogens (tertiary/aromatic N) is 2. The van der Waals surface area contributed by atoms with Crippen molar-refractivity contribution in [3.63, 3.8) is 0 Å². The van der Waals surface area contributed by atoms with Crippen molar-refractivity contribution in [3.05, 3.63) is 40.3 Å². The van der Waals surface area contributed by atoms with Gasteiger partial charge in [0.25, 0.3) is 5.91 Å². The highest BCUT2D eigenvalue weighted by molar-refractivity contribution is 7.17. The summed E-state index contributed by atoms with van der Waals surface area (Å²) < 4.78 is 5.32. The van der Waals surface area contributed by atoms with Crippen molar-refractivity contribution in [2.45, 2.75) is 26.2 Å². The van der Waals surface area contributed by atoms with Crippen LogP contribution in [0.5, 0.6) is 5.75 Å². The average Bonchev–Trinajstić information content (AvgIpc) is 3.11. The molecular weight excluding hydrogens is 412 g/mol. The van der Waals surface area contributed by atoms with Gasteiger partial charge < -0.3 is 20.7 Å². The number of methoxy groups -OCH3 is 1. The summed E-state index contributed by atoms with van der Waals surface area (Å²) in [4.78, 5) is 30.5. The number of piperazine rings is 1. The van der Waals surface area contributed by atoms with Crippen LogP contribution in [0.3, 0.4) is 0 Å². The molecule has 1 aliphatic carbocycles. The van der Waals surface area contributed by atoms with E-state index in [1.54, 1.807) is 7.11 Å². The number of carbonyl (C=O) groups excluding carboxylic acids is 2. The van der Waals surface area contributed by atoms with Crippen LogP contribution in [0.2, 0.25) is 0 Å². The zero-order valence-electron chi connectivity index (χ0n) is 18.1. The first-order chi connectivity index (χ1) is 14.9. The normalized spacial score (nSPS) is 19.0. The zero-order chi connectivity index (χ0) is 22.0. The van der Waals surface area contributed by atoms with Gasteiger partial charge in [-0.3, -0.25) is 14.5 Å². The molecule has 1 aromatic heterocycles. The molecule has 1 aliphatic heterocycles. The van der Waals surface area contributed by atoms with Gasteiger partial charge in [-0.2, -0.15) is 0 Å². The molecular formula is C23H30N4O3S. The van der Waals surface area contributed by atoms with E-state index in [9.17, 15) is 9.59 Å². The first-order valence-corrected chi connectivity index (χ1v) is 11.6. The zero-order valence-corrected chi connectivity index (χ0v) is 19.0. The number of amides is 2. The highest BCUT2D eigenvalue weighted by Crippen LogP contribution is 2.39. The maximum Gasteiger partial charge on any atom is 0.251 e. The molecule has 0 spiro atoms. The Bertz CT molecular complexity index is 966. The number of hydrogen-bond donors (Lipinski definition) is 2. The highest BCUT2D eigenvalue weighted by atomic mass is 32.1. The Morgan fingerprint density at radius 2 is 2.03 bits per heavy atom. The lowest BCUT2D eigenvalue weighted by Crippen LogP contribution is -2.48. The Hall–Kier alpha value is -2.58. The monoisotopic (exact) mass is 442 g/mol. The summed E-state index contributed by atoms with van der Waals surface area (Å²) in [5.74, 6) is 0.895. The molecule has 2 heterocycles. The van der Waals surface area contributed by atoms with Crippen LogP contribution in [0.4, 0.5) is 10.7 Å². The number of hydrogen-bond acceptors (Lipinski definition) is 6. The molecule has 1 aromatic carbocycles. The number of ether oxygens (including phenoxy) is 1.